The van der Waals surface area contributed by atoms with Gasteiger partial charge in [-0.3, -0.25) is 0 Å². The Bertz CT molecular complexity index is 476. The van der Waals surface area contributed by atoms with E-state index in [0.29, 0.717) is 6.07 Å². The molecule has 1 N–H and O–H groups in total. The molecule has 0 aromatic heterocycles. The van der Waals surface area contributed by atoms with E-state index in [1.165, 1.54) is 0 Å². The average Bonchev–Trinajstić information content (AvgIpc) is 2.30. The maximum absolute atomic E-state index is 13.4. The van der Waals surface area contributed by atoms with Gasteiger partial charge in [-0.2, -0.15) is 13.2 Å². The number of alkyl halides is 6. The number of aliphatic hydroxyl groups is 1. The van der Waals surface area contributed by atoms with Crippen LogP contribution in [-0.2, 0) is 0 Å². The molecule has 0 saturated heterocycles. The second-order valence-corrected chi connectivity index (χ2v) is 4.46. The minimum Gasteiger partial charge on any atom is -0.388 e. The van der Waals surface area contributed by atoms with E-state index in [-0.39, 0.29) is 5.02 Å². The highest BCUT2D eigenvalue weighted by atomic mass is 35.5. The Labute approximate surface area is 114 Å². The topological polar surface area (TPSA) is 20.2 Å². The van der Waals surface area contributed by atoms with Crippen molar-refractivity contribution in [2.75, 3.05) is 0 Å². The van der Waals surface area contributed by atoms with E-state index in [2.05, 4.69) is 0 Å². The van der Waals surface area contributed by atoms with Crippen molar-refractivity contribution in [1.82, 2.24) is 0 Å². The van der Waals surface area contributed by atoms with Crippen molar-refractivity contribution in [3.8, 4) is 0 Å². The van der Waals surface area contributed by atoms with Gasteiger partial charge in [0.1, 0.15) is 5.82 Å². The monoisotopic (exact) mass is 324 g/mol. The van der Waals surface area contributed by atoms with Crippen molar-refractivity contribution < 1.29 is 35.8 Å². The maximum atomic E-state index is 13.4. The van der Waals surface area contributed by atoms with E-state index in [1.54, 1.807) is 0 Å². The molecule has 0 fully saturated rings. The fourth-order valence-corrected chi connectivity index (χ4v) is 1.56. The molecular formula is C11H8ClF7O. The Kier molecular flexibility index (Phi) is 4.91. The van der Waals surface area contributed by atoms with Crippen molar-refractivity contribution in [3.63, 3.8) is 0 Å². The van der Waals surface area contributed by atoms with Crippen molar-refractivity contribution in [2.24, 2.45) is 0 Å². The molecule has 0 aliphatic heterocycles. The summed E-state index contributed by atoms with van der Waals surface area (Å²) in [6.07, 6.45) is -14.5. The van der Waals surface area contributed by atoms with E-state index >= 15 is 0 Å². The van der Waals surface area contributed by atoms with E-state index in [9.17, 15) is 35.8 Å². The molecule has 0 heterocycles. The third kappa shape index (κ3) is 3.35. The summed E-state index contributed by atoms with van der Waals surface area (Å²) in [4.78, 5) is 0. The van der Waals surface area contributed by atoms with Gasteiger partial charge in [-0.05, 0) is 17.7 Å². The lowest BCUT2D eigenvalue weighted by Crippen LogP contribution is -2.48. The van der Waals surface area contributed by atoms with E-state index < -0.39 is 42.2 Å². The second kappa shape index (κ2) is 5.77. The molecule has 1 nitrogen and oxygen atoms in total. The minimum atomic E-state index is -5.87. The molecule has 1 aromatic rings. The van der Waals surface area contributed by atoms with Gasteiger partial charge in [0.05, 0.1) is 11.1 Å². The summed E-state index contributed by atoms with van der Waals surface area (Å²) in [6.45, 7) is 0. The molecule has 2 unspecified atom stereocenters. The van der Waals surface area contributed by atoms with Crippen LogP contribution in [0, 0.1) is 5.82 Å². The Hall–Kier alpha value is -1.02. The molecule has 0 radical (unpaired) electrons. The molecule has 0 aliphatic carbocycles. The van der Waals surface area contributed by atoms with Crippen LogP contribution in [0.25, 0.3) is 0 Å². The van der Waals surface area contributed by atoms with Crippen molar-refractivity contribution >= 4 is 11.6 Å². The second-order valence-electron chi connectivity index (χ2n) is 4.05. The first kappa shape index (κ1) is 17.0. The number of benzene rings is 1. The Morgan fingerprint density at radius 1 is 1.15 bits per heavy atom. The minimum absolute atomic E-state index is 0.378. The van der Waals surface area contributed by atoms with Gasteiger partial charge in [-0.25, -0.2) is 17.6 Å². The van der Waals surface area contributed by atoms with Gasteiger partial charge in [0, 0.05) is 6.42 Å². The van der Waals surface area contributed by atoms with Crippen LogP contribution < -0.4 is 0 Å². The number of hydrogen-bond acceptors (Lipinski definition) is 1. The number of halogens is 8. The van der Waals surface area contributed by atoms with Gasteiger partial charge in [0.15, 0.2) is 0 Å². The van der Waals surface area contributed by atoms with Crippen LogP contribution in [0.1, 0.15) is 18.1 Å². The van der Waals surface area contributed by atoms with Gasteiger partial charge in [0.2, 0.25) is 0 Å². The van der Waals surface area contributed by atoms with E-state index in [0.717, 1.165) is 12.1 Å². The van der Waals surface area contributed by atoms with Gasteiger partial charge < -0.3 is 5.11 Å². The molecule has 1 rings (SSSR count). The standard InChI is InChI=1S/C11H8ClF7O/c12-6-2-1-5(3-7(6)13)8(20)4-10(16,9(14)15)11(17,18)19/h1-3,8-9,20H,4H2. The third-order valence-corrected chi connectivity index (χ3v) is 2.94. The van der Waals surface area contributed by atoms with Crippen LogP contribution in [0.5, 0.6) is 0 Å². The smallest absolute Gasteiger partial charge is 0.388 e. The highest BCUT2D eigenvalue weighted by Gasteiger charge is 2.63. The summed E-state index contributed by atoms with van der Waals surface area (Å²) in [5, 5.41) is 9.02. The van der Waals surface area contributed by atoms with Gasteiger partial charge in [0.25, 0.3) is 12.1 Å². The predicted octanol–water partition coefficient (Wildman–Crippen LogP) is 4.44. The first-order valence-corrected chi connectivity index (χ1v) is 5.53. The zero-order valence-corrected chi connectivity index (χ0v) is 10.3. The summed E-state index contributed by atoms with van der Waals surface area (Å²) >= 11 is 5.31. The van der Waals surface area contributed by atoms with Crippen molar-refractivity contribution in [2.45, 2.75) is 30.8 Å². The highest BCUT2D eigenvalue weighted by Crippen LogP contribution is 2.44. The fraction of sp³-hybridized carbons (Fsp3) is 0.455. The lowest BCUT2D eigenvalue weighted by atomic mass is 9.94. The molecule has 114 valence electrons. The van der Waals surface area contributed by atoms with Crippen molar-refractivity contribution in [1.29, 1.82) is 0 Å². The summed E-state index contributed by atoms with van der Waals surface area (Å²) in [6, 6.07) is 2.37. The maximum Gasteiger partial charge on any atom is 0.428 e. The molecule has 2 atom stereocenters. The molecule has 0 amide bonds. The molecule has 1 aromatic carbocycles. The van der Waals surface area contributed by atoms with Crippen LogP contribution in [0.15, 0.2) is 18.2 Å². The van der Waals surface area contributed by atoms with Crippen molar-refractivity contribution in [3.05, 3.63) is 34.6 Å². The first-order chi connectivity index (χ1) is 8.99. The molecule has 0 aliphatic rings. The zero-order chi connectivity index (χ0) is 15.7. The SMILES string of the molecule is OC(CC(F)(C(F)F)C(F)(F)F)c1ccc(Cl)c(F)c1. The van der Waals surface area contributed by atoms with Crippen LogP contribution in [0.2, 0.25) is 5.02 Å². The van der Waals surface area contributed by atoms with E-state index in [1.807, 2.05) is 0 Å². The quantitative estimate of drug-likeness (QED) is 0.812. The molecule has 9 heteroatoms. The molecule has 20 heavy (non-hydrogen) atoms. The van der Waals surface area contributed by atoms with Gasteiger partial charge in [-0.15, -0.1) is 0 Å². The van der Waals surface area contributed by atoms with Crippen LogP contribution in [-0.4, -0.2) is 23.4 Å². The van der Waals surface area contributed by atoms with Crippen LogP contribution >= 0.6 is 11.6 Å². The molecule has 0 saturated carbocycles. The predicted molar refractivity (Wildman–Crippen MR) is 56.9 cm³/mol. The summed E-state index contributed by atoms with van der Waals surface area (Å²) in [7, 11) is 0. The Balaban J connectivity index is 3.03. The first-order valence-electron chi connectivity index (χ1n) is 5.16. The van der Waals surface area contributed by atoms with Gasteiger partial charge >= 0.3 is 6.18 Å². The third-order valence-electron chi connectivity index (χ3n) is 2.64. The Morgan fingerprint density at radius 3 is 2.10 bits per heavy atom. The highest BCUT2D eigenvalue weighted by molar-refractivity contribution is 6.30. The number of aliphatic hydroxyl groups excluding tert-OH is 1. The normalized spacial score (nSPS) is 17.1. The summed E-state index contributed by atoms with van der Waals surface area (Å²) < 4.78 is 88.0. The largest absolute Gasteiger partial charge is 0.428 e. The number of hydrogen-bond donors (Lipinski definition) is 1. The van der Waals surface area contributed by atoms with Crippen LogP contribution in [0.4, 0.5) is 30.7 Å². The number of rotatable bonds is 4. The average molecular weight is 325 g/mol. The van der Waals surface area contributed by atoms with Gasteiger partial charge in [-0.1, -0.05) is 17.7 Å². The fourth-order valence-electron chi connectivity index (χ4n) is 1.45. The summed E-state index contributed by atoms with van der Waals surface area (Å²) in [5.41, 5.74) is -5.37. The van der Waals surface area contributed by atoms with Crippen LogP contribution in [0.3, 0.4) is 0 Å². The Morgan fingerprint density at radius 2 is 1.70 bits per heavy atom. The lowest BCUT2D eigenvalue weighted by molar-refractivity contribution is -0.276. The molecular weight excluding hydrogens is 317 g/mol. The summed E-state index contributed by atoms with van der Waals surface area (Å²) in [5.74, 6) is -1.07. The zero-order valence-electron chi connectivity index (χ0n) is 9.56. The lowest BCUT2D eigenvalue weighted by Gasteiger charge is -2.29. The van der Waals surface area contributed by atoms with E-state index in [4.69, 9.17) is 11.6 Å². The molecule has 0 spiro atoms. The molecule has 0 bridgehead atoms.